The van der Waals surface area contributed by atoms with E-state index < -0.39 is 0 Å². The Morgan fingerprint density at radius 3 is 2.79 bits per heavy atom. The number of aliphatic imine (C=N–C) groups is 1. The van der Waals surface area contributed by atoms with Crippen molar-refractivity contribution in [1.82, 2.24) is 15.5 Å². The van der Waals surface area contributed by atoms with E-state index in [1.807, 2.05) is 0 Å². The first-order valence-corrected chi connectivity index (χ1v) is 10.4. The number of ether oxygens (including phenoxy) is 1. The van der Waals surface area contributed by atoms with Crippen LogP contribution in [-0.2, 0) is 4.74 Å². The van der Waals surface area contributed by atoms with Crippen LogP contribution in [0.25, 0.3) is 0 Å². The average molecular weight is 501 g/mol. The zero-order valence-corrected chi connectivity index (χ0v) is 19.6. The van der Waals surface area contributed by atoms with Crippen LogP contribution in [0.1, 0.15) is 26.2 Å². The highest BCUT2D eigenvalue weighted by Gasteiger charge is 2.25. The van der Waals surface area contributed by atoms with Crippen molar-refractivity contribution in [2.45, 2.75) is 38.3 Å². The van der Waals surface area contributed by atoms with Gasteiger partial charge in [-0.05, 0) is 44.9 Å². The Labute approximate surface area is 187 Å². The molecule has 2 aliphatic rings. The molecule has 7 heteroatoms. The lowest BCUT2D eigenvalue weighted by Crippen LogP contribution is -2.45. The highest BCUT2D eigenvalue weighted by Crippen LogP contribution is 2.20. The molecule has 2 aliphatic heterocycles. The Balaban J connectivity index is 0.00000280. The van der Waals surface area contributed by atoms with Gasteiger partial charge < -0.3 is 20.3 Å². The standard InChI is InChI=1S/C21H35N5O.HI/c1-3-22-21(23-16-20-10-7-12-25(20)14-15-27-2)24-18-11-13-26(17-18)19-8-5-4-6-9-19;/h4-6,8-9,18,20H,3,7,10-17H2,1-2H3,(H2,22,23,24);1H. The van der Waals surface area contributed by atoms with Gasteiger partial charge in [-0.25, -0.2) is 0 Å². The number of para-hydroxylation sites is 1. The number of hydrogen-bond donors (Lipinski definition) is 2. The molecule has 0 bridgehead atoms. The molecule has 0 aromatic heterocycles. The fourth-order valence-corrected chi connectivity index (χ4v) is 4.07. The van der Waals surface area contributed by atoms with E-state index in [1.165, 1.54) is 25.1 Å². The van der Waals surface area contributed by atoms with Gasteiger partial charge in [0.05, 0.1) is 13.2 Å². The molecule has 1 aromatic rings. The summed E-state index contributed by atoms with van der Waals surface area (Å²) < 4.78 is 5.24. The highest BCUT2D eigenvalue weighted by molar-refractivity contribution is 14.0. The monoisotopic (exact) mass is 501 g/mol. The zero-order valence-electron chi connectivity index (χ0n) is 17.3. The van der Waals surface area contributed by atoms with Crippen LogP contribution in [0, 0.1) is 0 Å². The van der Waals surface area contributed by atoms with Crippen LogP contribution in [0.2, 0.25) is 0 Å². The van der Waals surface area contributed by atoms with Crippen molar-refractivity contribution in [3.05, 3.63) is 30.3 Å². The van der Waals surface area contributed by atoms with E-state index in [9.17, 15) is 0 Å². The molecule has 28 heavy (non-hydrogen) atoms. The fraction of sp³-hybridized carbons (Fsp3) is 0.667. The second kappa shape index (κ2) is 12.5. The third kappa shape index (κ3) is 6.77. The summed E-state index contributed by atoms with van der Waals surface area (Å²) in [6, 6.07) is 11.7. The first-order valence-electron chi connectivity index (χ1n) is 10.4. The van der Waals surface area contributed by atoms with E-state index in [-0.39, 0.29) is 24.0 Å². The molecule has 2 unspecified atom stereocenters. The SMILES string of the molecule is CCNC(=NCC1CCCN1CCOC)NC1CCN(c2ccccc2)C1.I. The van der Waals surface area contributed by atoms with Gasteiger partial charge in [-0.15, -0.1) is 24.0 Å². The van der Waals surface area contributed by atoms with Gasteiger partial charge in [0.2, 0.25) is 0 Å². The average Bonchev–Trinajstić information content (AvgIpc) is 3.34. The molecule has 3 rings (SSSR count). The van der Waals surface area contributed by atoms with E-state index in [0.717, 1.165) is 51.7 Å². The van der Waals surface area contributed by atoms with Gasteiger partial charge in [-0.1, -0.05) is 18.2 Å². The second-order valence-electron chi connectivity index (χ2n) is 7.46. The minimum Gasteiger partial charge on any atom is -0.383 e. The summed E-state index contributed by atoms with van der Waals surface area (Å²) in [4.78, 5) is 9.87. The Morgan fingerprint density at radius 2 is 2.04 bits per heavy atom. The number of rotatable bonds is 8. The molecular weight excluding hydrogens is 465 g/mol. The Hall–Kier alpha value is -1.06. The van der Waals surface area contributed by atoms with Crippen LogP contribution >= 0.6 is 24.0 Å². The van der Waals surface area contributed by atoms with Crippen molar-refractivity contribution >= 4 is 35.6 Å². The molecule has 1 aromatic carbocycles. The Kier molecular flexibility index (Phi) is 10.4. The van der Waals surface area contributed by atoms with Gasteiger partial charge in [0.1, 0.15) is 0 Å². The molecule has 2 fully saturated rings. The lowest BCUT2D eigenvalue weighted by atomic mass is 10.2. The van der Waals surface area contributed by atoms with Crippen LogP contribution in [-0.4, -0.2) is 75.9 Å². The Bertz CT molecular complexity index is 585. The highest BCUT2D eigenvalue weighted by atomic mass is 127. The fourth-order valence-electron chi connectivity index (χ4n) is 4.07. The summed E-state index contributed by atoms with van der Waals surface area (Å²) in [7, 11) is 1.77. The molecule has 2 N–H and O–H groups in total. The van der Waals surface area contributed by atoms with E-state index in [0.29, 0.717) is 12.1 Å². The number of methoxy groups -OCH3 is 1. The maximum atomic E-state index is 5.24. The lowest BCUT2D eigenvalue weighted by molar-refractivity contribution is 0.142. The van der Waals surface area contributed by atoms with Crippen molar-refractivity contribution in [2.24, 2.45) is 4.99 Å². The van der Waals surface area contributed by atoms with Crippen LogP contribution in [0.4, 0.5) is 5.69 Å². The molecule has 2 saturated heterocycles. The number of likely N-dealkylation sites (tertiary alicyclic amines) is 1. The number of halogens is 1. The number of anilines is 1. The molecule has 6 nitrogen and oxygen atoms in total. The summed E-state index contributed by atoms with van der Waals surface area (Å²) in [5, 5.41) is 7.08. The summed E-state index contributed by atoms with van der Waals surface area (Å²) in [5.41, 5.74) is 1.31. The van der Waals surface area contributed by atoms with Gasteiger partial charge in [-0.2, -0.15) is 0 Å². The number of nitrogens with zero attached hydrogens (tertiary/aromatic N) is 3. The largest absolute Gasteiger partial charge is 0.383 e. The molecule has 2 atom stereocenters. The maximum Gasteiger partial charge on any atom is 0.191 e. The minimum absolute atomic E-state index is 0. The topological polar surface area (TPSA) is 52.1 Å². The van der Waals surface area contributed by atoms with Gasteiger partial charge in [0.15, 0.2) is 5.96 Å². The first kappa shape index (κ1) is 23.2. The van der Waals surface area contributed by atoms with Crippen LogP contribution in [0.15, 0.2) is 35.3 Å². The molecule has 0 radical (unpaired) electrons. The third-order valence-corrected chi connectivity index (χ3v) is 5.54. The number of benzene rings is 1. The van der Waals surface area contributed by atoms with E-state index in [4.69, 9.17) is 9.73 Å². The normalized spacial score (nSPS) is 22.9. The van der Waals surface area contributed by atoms with E-state index in [2.05, 4.69) is 57.7 Å². The van der Waals surface area contributed by atoms with Crippen molar-refractivity contribution < 1.29 is 4.74 Å². The summed E-state index contributed by atoms with van der Waals surface area (Å²) in [6.07, 6.45) is 3.64. The van der Waals surface area contributed by atoms with E-state index in [1.54, 1.807) is 7.11 Å². The van der Waals surface area contributed by atoms with Crippen LogP contribution in [0.3, 0.4) is 0 Å². The zero-order chi connectivity index (χ0) is 18.9. The van der Waals surface area contributed by atoms with Gasteiger partial charge in [0, 0.05) is 51.1 Å². The number of hydrogen-bond acceptors (Lipinski definition) is 4. The third-order valence-electron chi connectivity index (χ3n) is 5.54. The molecule has 2 heterocycles. The molecule has 0 aliphatic carbocycles. The van der Waals surface area contributed by atoms with Crippen molar-refractivity contribution in [3.63, 3.8) is 0 Å². The van der Waals surface area contributed by atoms with Crippen molar-refractivity contribution in [3.8, 4) is 0 Å². The van der Waals surface area contributed by atoms with Gasteiger partial charge >= 0.3 is 0 Å². The molecule has 0 amide bonds. The summed E-state index contributed by atoms with van der Waals surface area (Å²) in [6.45, 7) is 8.97. The van der Waals surface area contributed by atoms with E-state index >= 15 is 0 Å². The molecule has 158 valence electrons. The minimum atomic E-state index is 0. The van der Waals surface area contributed by atoms with Gasteiger partial charge in [0.25, 0.3) is 0 Å². The first-order chi connectivity index (χ1) is 13.3. The second-order valence-corrected chi connectivity index (χ2v) is 7.46. The van der Waals surface area contributed by atoms with Crippen LogP contribution in [0.5, 0.6) is 0 Å². The molecule has 0 spiro atoms. The smallest absolute Gasteiger partial charge is 0.191 e. The summed E-state index contributed by atoms with van der Waals surface area (Å²) in [5.74, 6) is 0.955. The lowest BCUT2D eigenvalue weighted by Gasteiger charge is -2.24. The molecular formula is C21H36IN5O. The van der Waals surface area contributed by atoms with Crippen molar-refractivity contribution in [2.75, 3.05) is 57.9 Å². The summed E-state index contributed by atoms with van der Waals surface area (Å²) >= 11 is 0. The maximum absolute atomic E-state index is 5.24. The van der Waals surface area contributed by atoms with Crippen molar-refractivity contribution in [1.29, 1.82) is 0 Å². The predicted molar refractivity (Wildman–Crippen MR) is 128 cm³/mol. The quantitative estimate of drug-likeness (QED) is 0.326. The van der Waals surface area contributed by atoms with Gasteiger partial charge in [-0.3, -0.25) is 9.89 Å². The van der Waals surface area contributed by atoms with Crippen LogP contribution < -0.4 is 15.5 Å². The predicted octanol–water partition coefficient (Wildman–Crippen LogP) is 2.55. The molecule has 0 saturated carbocycles. The number of guanidine groups is 1. The Morgan fingerprint density at radius 1 is 1.21 bits per heavy atom. The number of nitrogens with one attached hydrogen (secondary N) is 2.